The van der Waals surface area contributed by atoms with Crippen LogP contribution in [-0.2, 0) is 10.0 Å². The lowest BCUT2D eigenvalue weighted by Gasteiger charge is -2.11. The number of hydrogen-bond acceptors (Lipinski definition) is 6. The van der Waals surface area contributed by atoms with E-state index in [1.807, 2.05) is 13.8 Å². The summed E-state index contributed by atoms with van der Waals surface area (Å²) >= 11 is 0.979. The topological polar surface area (TPSA) is 111 Å². The molecule has 0 saturated heterocycles. The monoisotopic (exact) mass is 407 g/mol. The Balaban J connectivity index is 2.04. The quantitative estimate of drug-likeness (QED) is 0.512. The van der Waals surface area contributed by atoms with Crippen molar-refractivity contribution < 1.29 is 13.3 Å². The van der Waals surface area contributed by atoms with Crippen LogP contribution in [0.1, 0.15) is 25.5 Å². The van der Waals surface area contributed by atoms with Crippen molar-refractivity contribution in [3.05, 3.63) is 61.7 Å². The molecule has 10 heteroatoms. The Morgan fingerprint density at radius 1 is 1.19 bits per heavy atom. The SMILES string of the molecule is Cc1ccc([N+](=O)[O-])cc1NS(=O)(=O)c1ccc2c(c1)sc(=O)n2C(C)C. The highest BCUT2D eigenvalue weighted by atomic mass is 32.2. The van der Waals surface area contributed by atoms with Crippen molar-refractivity contribution in [3.8, 4) is 0 Å². The molecule has 3 aromatic rings. The maximum atomic E-state index is 12.7. The molecule has 1 N–H and O–H groups in total. The van der Waals surface area contributed by atoms with Crippen LogP contribution >= 0.6 is 11.3 Å². The van der Waals surface area contributed by atoms with Crippen molar-refractivity contribution in [2.75, 3.05) is 4.72 Å². The minimum absolute atomic E-state index is 0.0157. The van der Waals surface area contributed by atoms with Crippen LogP contribution in [0, 0.1) is 17.0 Å². The second-order valence-corrected chi connectivity index (χ2v) is 9.00. The number of aromatic nitrogens is 1. The molecule has 0 fully saturated rings. The van der Waals surface area contributed by atoms with Crippen LogP contribution in [0.2, 0.25) is 0 Å². The summed E-state index contributed by atoms with van der Waals surface area (Å²) in [5, 5.41) is 10.9. The summed E-state index contributed by atoms with van der Waals surface area (Å²) < 4.78 is 30.0. The molecule has 2 aromatic carbocycles. The van der Waals surface area contributed by atoms with E-state index in [2.05, 4.69) is 4.72 Å². The number of fused-ring (bicyclic) bond motifs is 1. The van der Waals surface area contributed by atoms with Crippen molar-refractivity contribution in [3.63, 3.8) is 0 Å². The van der Waals surface area contributed by atoms with E-state index in [1.54, 1.807) is 17.6 Å². The molecule has 1 aromatic heterocycles. The van der Waals surface area contributed by atoms with Gasteiger partial charge in [-0.05, 0) is 44.5 Å². The number of aryl methyl sites for hydroxylation is 1. The molecule has 1 heterocycles. The number of benzene rings is 2. The van der Waals surface area contributed by atoms with Gasteiger partial charge in [-0.3, -0.25) is 24.2 Å². The van der Waals surface area contributed by atoms with Gasteiger partial charge in [0.2, 0.25) is 0 Å². The summed E-state index contributed by atoms with van der Waals surface area (Å²) in [4.78, 5) is 22.3. The highest BCUT2D eigenvalue weighted by molar-refractivity contribution is 7.92. The number of sulfonamides is 1. The zero-order valence-electron chi connectivity index (χ0n) is 14.8. The summed E-state index contributed by atoms with van der Waals surface area (Å²) in [5.74, 6) is 0. The fraction of sp³-hybridized carbons (Fsp3) is 0.235. The summed E-state index contributed by atoms with van der Waals surface area (Å²) in [7, 11) is -3.97. The van der Waals surface area contributed by atoms with Gasteiger partial charge in [-0.1, -0.05) is 17.4 Å². The van der Waals surface area contributed by atoms with Gasteiger partial charge in [0.25, 0.3) is 15.7 Å². The van der Waals surface area contributed by atoms with Crippen LogP contribution in [0.4, 0.5) is 11.4 Å². The van der Waals surface area contributed by atoms with E-state index in [1.165, 1.54) is 30.3 Å². The molecule has 0 aliphatic carbocycles. The Morgan fingerprint density at radius 3 is 2.52 bits per heavy atom. The third kappa shape index (κ3) is 3.58. The van der Waals surface area contributed by atoms with Gasteiger partial charge in [0.05, 0.1) is 25.7 Å². The maximum Gasteiger partial charge on any atom is 0.308 e. The van der Waals surface area contributed by atoms with Crippen molar-refractivity contribution in [2.45, 2.75) is 31.7 Å². The predicted molar refractivity (Wildman–Crippen MR) is 105 cm³/mol. The summed E-state index contributed by atoms with van der Waals surface area (Å²) in [6.45, 7) is 5.41. The number of nitrogens with one attached hydrogen (secondary N) is 1. The number of nitrogens with zero attached hydrogens (tertiary/aromatic N) is 2. The zero-order chi connectivity index (χ0) is 19.9. The average Bonchev–Trinajstić information content (AvgIpc) is 2.91. The van der Waals surface area contributed by atoms with Gasteiger partial charge >= 0.3 is 4.87 Å². The van der Waals surface area contributed by atoms with Gasteiger partial charge in [-0.25, -0.2) is 8.42 Å². The minimum Gasteiger partial charge on any atom is -0.296 e. The van der Waals surface area contributed by atoms with Crippen LogP contribution in [0.25, 0.3) is 10.2 Å². The van der Waals surface area contributed by atoms with Crippen molar-refractivity contribution in [2.24, 2.45) is 0 Å². The first-order chi connectivity index (χ1) is 12.6. The molecule has 3 rings (SSSR count). The second kappa shape index (κ2) is 6.78. The number of rotatable bonds is 5. The Morgan fingerprint density at radius 2 is 1.89 bits per heavy atom. The summed E-state index contributed by atoms with van der Waals surface area (Å²) in [5.41, 5.74) is 1.16. The Labute approximate surface area is 159 Å². The van der Waals surface area contributed by atoms with Crippen LogP contribution in [0.3, 0.4) is 0 Å². The molecule has 0 bridgehead atoms. The Hall–Kier alpha value is -2.72. The molecule has 0 amide bonds. The number of nitro groups is 1. The number of anilines is 1. The molecule has 8 nitrogen and oxygen atoms in total. The number of nitro benzene ring substituents is 1. The fourth-order valence-corrected chi connectivity index (χ4v) is 4.98. The van der Waals surface area contributed by atoms with Crippen molar-refractivity contribution >= 4 is 43.0 Å². The molecule has 0 radical (unpaired) electrons. The zero-order valence-corrected chi connectivity index (χ0v) is 16.4. The summed E-state index contributed by atoms with van der Waals surface area (Å²) in [6.07, 6.45) is 0. The van der Waals surface area contributed by atoms with Gasteiger partial charge in [-0.2, -0.15) is 0 Å². The van der Waals surface area contributed by atoms with Crippen LogP contribution in [0.15, 0.2) is 46.1 Å². The molecule has 27 heavy (non-hydrogen) atoms. The third-order valence-corrected chi connectivity index (χ3v) is 6.37. The normalized spacial score (nSPS) is 11.9. The molecule has 0 spiro atoms. The third-order valence-electron chi connectivity index (χ3n) is 4.09. The van der Waals surface area contributed by atoms with E-state index < -0.39 is 14.9 Å². The highest BCUT2D eigenvalue weighted by Crippen LogP contribution is 2.27. The van der Waals surface area contributed by atoms with Crippen LogP contribution in [0.5, 0.6) is 0 Å². The first-order valence-electron chi connectivity index (χ1n) is 8.03. The Bertz CT molecular complexity index is 1210. The smallest absolute Gasteiger partial charge is 0.296 e. The van der Waals surface area contributed by atoms with E-state index in [9.17, 15) is 23.3 Å². The molecule has 0 atom stereocenters. The number of thiazole rings is 1. The van der Waals surface area contributed by atoms with Gasteiger partial charge in [0, 0.05) is 18.2 Å². The number of non-ortho nitro benzene ring substituents is 1. The van der Waals surface area contributed by atoms with E-state index in [4.69, 9.17) is 0 Å². The lowest BCUT2D eigenvalue weighted by molar-refractivity contribution is -0.384. The maximum absolute atomic E-state index is 12.7. The molecular formula is C17H17N3O5S2. The molecular weight excluding hydrogens is 390 g/mol. The average molecular weight is 407 g/mol. The van der Waals surface area contributed by atoms with E-state index >= 15 is 0 Å². The Kier molecular flexibility index (Phi) is 4.79. The fourth-order valence-electron chi connectivity index (χ4n) is 2.71. The number of hydrogen-bond donors (Lipinski definition) is 1. The summed E-state index contributed by atoms with van der Waals surface area (Å²) in [6, 6.07) is 8.39. The minimum atomic E-state index is -3.97. The van der Waals surface area contributed by atoms with E-state index in [-0.39, 0.29) is 27.2 Å². The second-order valence-electron chi connectivity index (χ2n) is 6.32. The lowest BCUT2D eigenvalue weighted by atomic mass is 10.2. The molecule has 0 saturated carbocycles. The molecule has 0 unspecified atom stereocenters. The van der Waals surface area contributed by atoms with E-state index in [0.29, 0.717) is 15.8 Å². The van der Waals surface area contributed by atoms with Crippen molar-refractivity contribution in [1.82, 2.24) is 4.57 Å². The van der Waals surface area contributed by atoms with Crippen molar-refractivity contribution in [1.29, 1.82) is 0 Å². The van der Waals surface area contributed by atoms with E-state index in [0.717, 1.165) is 11.3 Å². The first kappa shape index (κ1) is 19.1. The standard InChI is InChI=1S/C17H17N3O5S2/c1-10(2)19-15-7-6-13(9-16(15)26-17(19)21)27(24,25)18-14-8-12(20(22)23)5-4-11(14)3/h4-10,18H,1-3H3. The molecule has 142 valence electrons. The molecule has 0 aliphatic rings. The van der Waals surface area contributed by atoms with Gasteiger partial charge < -0.3 is 0 Å². The first-order valence-corrected chi connectivity index (χ1v) is 10.3. The van der Waals surface area contributed by atoms with Crippen LogP contribution in [-0.4, -0.2) is 17.9 Å². The van der Waals surface area contributed by atoms with Gasteiger partial charge in [0.15, 0.2) is 0 Å². The largest absolute Gasteiger partial charge is 0.308 e. The predicted octanol–water partition coefficient (Wildman–Crippen LogP) is 3.66. The van der Waals surface area contributed by atoms with Crippen LogP contribution < -0.4 is 9.60 Å². The van der Waals surface area contributed by atoms with Gasteiger partial charge in [-0.15, -0.1) is 0 Å². The lowest BCUT2D eigenvalue weighted by Crippen LogP contribution is -2.15. The van der Waals surface area contributed by atoms with Gasteiger partial charge in [0.1, 0.15) is 0 Å². The highest BCUT2D eigenvalue weighted by Gasteiger charge is 2.20. The molecule has 0 aliphatic heterocycles.